The molecule has 0 radical (unpaired) electrons. The van der Waals surface area contributed by atoms with Crippen LogP contribution in [0.1, 0.15) is 13.8 Å². The maximum Gasteiger partial charge on any atom is 0.320 e. The van der Waals surface area contributed by atoms with E-state index in [-0.39, 0.29) is 11.9 Å². The van der Waals surface area contributed by atoms with E-state index in [4.69, 9.17) is 5.11 Å². The van der Waals surface area contributed by atoms with Crippen LogP contribution in [0.5, 0.6) is 6.01 Å². The summed E-state index contributed by atoms with van der Waals surface area (Å²) in [5.41, 5.74) is 0. The first-order valence-corrected chi connectivity index (χ1v) is 4.28. The summed E-state index contributed by atoms with van der Waals surface area (Å²) in [7, 11) is 0. The Hall–Kier alpha value is -1.92. The van der Waals surface area contributed by atoms with E-state index < -0.39 is 17.9 Å². The molecule has 1 aromatic rings. The van der Waals surface area contributed by atoms with Gasteiger partial charge in [-0.1, -0.05) is 0 Å². The van der Waals surface area contributed by atoms with Gasteiger partial charge >= 0.3 is 12.0 Å². The molecule has 15 heavy (non-hydrogen) atoms. The Labute approximate surface area is 85.6 Å². The Morgan fingerprint density at radius 1 is 1.60 bits per heavy atom. The topological polar surface area (TPSA) is 87.1 Å². The summed E-state index contributed by atoms with van der Waals surface area (Å²) in [6.45, 7) is 3.51. The Kier molecular flexibility index (Phi) is 3.37. The minimum absolute atomic E-state index is 0.0801. The second-order valence-electron chi connectivity index (χ2n) is 3.12. The Balaban J connectivity index is 2.71. The molecule has 1 aromatic heterocycles. The van der Waals surface area contributed by atoms with Gasteiger partial charge in [0.1, 0.15) is 0 Å². The van der Waals surface area contributed by atoms with Crippen LogP contribution in [0.2, 0.25) is 0 Å². The van der Waals surface area contributed by atoms with Crippen LogP contribution < -0.4 is 10.6 Å². The van der Waals surface area contributed by atoms with Crippen LogP contribution in [0.25, 0.3) is 0 Å². The molecule has 0 aromatic carbocycles. The molecular weight excluding hydrogens is 203 g/mol. The molecule has 1 rings (SSSR count). The number of halogens is 1. The normalized spacial score (nSPS) is 10.1. The molecule has 6 nitrogen and oxygen atoms in total. The SMILES string of the molecule is CC(C)NC(=O)Nc1nc(O)ncc1F. The van der Waals surface area contributed by atoms with Crippen LogP contribution in [-0.4, -0.2) is 27.1 Å². The molecule has 82 valence electrons. The van der Waals surface area contributed by atoms with Gasteiger partial charge in [-0.3, -0.25) is 5.32 Å². The molecular formula is C8H11FN4O2. The van der Waals surface area contributed by atoms with Crippen LogP contribution in [0.15, 0.2) is 6.20 Å². The van der Waals surface area contributed by atoms with Crippen LogP contribution in [0.4, 0.5) is 15.0 Å². The molecule has 0 bridgehead atoms. The summed E-state index contributed by atoms with van der Waals surface area (Å²) >= 11 is 0. The van der Waals surface area contributed by atoms with Gasteiger partial charge in [-0.25, -0.2) is 14.2 Å². The number of aromatic hydroxyl groups is 1. The van der Waals surface area contributed by atoms with Gasteiger partial charge in [0, 0.05) is 6.04 Å². The van der Waals surface area contributed by atoms with E-state index in [9.17, 15) is 9.18 Å². The number of rotatable bonds is 2. The molecule has 0 spiro atoms. The summed E-state index contributed by atoms with van der Waals surface area (Å²) in [6, 6.07) is -1.28. The van der Waals surface area contributed by atoms with Crippen molar-refractivity contribution in [2.24, 2.45) is 0 Å². The summed E-state index contributed by atoms with van der Waals surface area (Å²) in [4.78, 5) is 17.7. The number of carbonyl (C=O) groups is 1. The molecule has 0 atom stereocenters. The Bertz CT molecular complexity index is 370. The minimum atomic E-state index is -0.813. The predicted molar refractivity (Wildman–Crippen MR) is 50.9 cm³/mol. The quantitative estimate of drug-likeness (QED) is 0.681. The number of carbonyl (C=O) groups excluding carboxylic acids is 1. The Morgan fingerprint density at radius 3 is 2.87 bits per heavy atom. The number of nitrogens with zero attached hydrogens (tertiary/aromatic N) is 2. The highest BCUT2D eigenvalue weighted by Crippen LogP contribution is 2.11. The third-order valence-electron chi connectivity index (χ3n) is 1.38. The zero-order chi connectivity index (χ0) is 11.4. The highest BCUT2D eigenvalue weighted by molar-refractivity contribution is 5.88. The second-order valence-corrected chi connectivity index (χ2v) is 3.12. The number of urea groups is 1. The molecule has 3 N–H and O–H groups in total. The monoisotopic (exact) mass is 214 g/mol. The number of aromatic nitrogens is 2. The highest BCUT2D eigenvalue weighted by Gasteiger charge is 2.10. The number of hydrogen-bond acceptors (Lipinski definition) is 4. The van der Waals surface area contributed by atoms with Gasteiger partial charge in [-0.05, 0) is 13.8 Å². The zero-order valence-electron chi connectivity index (χ0n) is 8.28. The smallest absolute Gasteiger partial charge is 0.320 e. The first-order chi connectivity index (χ1) is 6.99. The van der Waals surface area contributed by atoms with Crippen molar-refractivity contribution in [1.29, 1.82) is 0 Å². The summed E-state index contributed by atoms with van der Waals surface area (Å²) < 4.78 is 13.0. The van der Waals surface area contributed by atoms with Gasteiger partial charge in [-0.2, -0.15) is 4.98 Å². The maximum absolute atomic E-state index is 13.0. The average molecular weight is 214 g/mol. The molecule has 0 aliphatic heterocycles. The van der Waals surface area contributed by atoms with Crippen molar-refractivity contribution in [3.05, 3.63) is 12.0 Å². The van der Waals surface area contributed by atoms with Gasteiger partial charge in [0.05, 0.1) is 6.20 Å². The van der Waals surface area contributed by atoms with Gasteiger partial charge in [0.2, 0.25) is 0 Å². The fourth-order valence-corrected chi connectivity index (χ4v) is 0.851. The molecule has 0 saturated carbocycles. The first-order valence-electron chi connectivity index (χ1n) is 4.28. The summed E-state index contributed by atoms with van der Waals surface area (Å²) in [5.74, 6) is -1.17. The van der Waals surface area contributed by atoms with E-state index in [1.54, 1.807) is 13.8 Å². The highest BCUT2D eigenvalue weighted by atomic mass is 19.1. The summed E-state index contributed by atoms with van der Waals surface area (Å²) in [5, 5.41) is 13.5. The van der Waals surface area contributed by atoms with E-state index in [2.05, 4.69) is 20.6 Å². The molecule has 0 unspecified atom stereocenters. The minimum Gasteiger partial charge on any atom is -0.479 e. The van der Waals surface area contributed by atoms with Crippen molar-refractivity contribution >= 4 is 11.8 Å². The molecule has 7 heteroatoms. The number of anilines is 1. The lowest BCUT2D eigenvalue weighted by Gasteiger charge is -2.09. The first kappa shape index (κ1) is 11.2. The lowest BCUT2D eigenvalue weighted by atomic mass is 10.4. The standard InChI is InChI=1S/C8H11FN4O2/c1-4(2)11-8(15)13-6-5(9)3-10-7(14)12-6/h3-4H,1-2H3,(H3,10,11,12,13,14,15). The van der Waals surface area contributed by atoms with Crippen molar-refractivity contribution < 1.29 is 14.3 Å². The molecule has 0 fully saturated rings. The fraction of sp³-hybridized carbons (Fsp3) is 0.375. The number of nitrogens with one attached hydrogen (secondary N) is 2. The Morgan fingerprint density at radius 2 is 2.27 bits per heavy atom. The van der Waals surface area contributed by atoms with E-state index in [0.717, 1.165) is 6.20 Å². The zero-order valence-corrected chi connectivity index (χ0v) is 8.28. The third-order valence-corrected chi connectivity index (χ3v) is 1.38. The van der Waals surface area contributed by atoms with Gasteiger partial charge in [0.15, 0.2) is 11.6 Å². The van der Waals surface area contributed by atoms with E-state index >= 15 is 0 Å². The molecule has 0 saturated heterocycles. The van der Waals surface area contributed by atoms with Crippen LogP contribution >= 0.6 is 0 Å². The van der Waals surface area contributed by atoms with Crippen LogP contribution in [-0.2, 0) is 0 Å². The van der Waals surface area contributed by atoms with Crippen molar-refractivity contribution in [2.75, 3.05) is 5.32 Å². The molecule has 0 aliphatic rings. The van der Waals surface area contributed by atoms with Crippen molar-refractivity contribution in [3.63, 3.8) is 0 Å². The van der Waals surface area contributed by atoms with Gasteiger partial charge in [0.25, 0.3) is 0 Å². The van der Waals surface area contributed by atoms with Crippen LogP contribution in [0, 0.1) is 5.82 Å². The van der Waals surface area contributed by atoms with Crippen LogP contribution in [0.3, 0.4) is 0 Å². The molecule has 2 amide bonds. The second kappa shape index (κ2) is 4.54. The maximum atomic E-state index is 13.0. The molecule has 1 heterocycles. The van der Waals surface area contributed by atoms with E-state index in [0.29, 0.717) is 0 Å². The van der Waals surface area contributed by atoms with Crippen molar-refractivity contribution in [3.8, 4) is 6.01 Å². The van der Waals surface area contributed by atoms with E-state index in [1.165, 1.54) is 0 Å². The van der Waals surface area contributed by atoms with Crippen molar-refractivity contribution in [2.45, 2.75) is 19.9 Å². The van der Waals surface area contributed by atoms with Gasteiger partial charge in [-0.15, -0.1) is 0 Å². The number of hydrogen-bond donors (Lipinski definition) is 3. The lowest BCUT2D eigenvalue weighted by molar-refractivity contribution is 0.249. The average Bonchev–Trinajstić information content (AvgIpc) is 2.10. The summed E-state index contributed by atoms with van der Waals surface area (Å²) in [6.07, 6.45) is 0.771. The number of amides is 2. The largest absolute Gasteiger partial charge is 0.479 e. The molecule has 0 aliphatic carbocycles. The predicted octanol–water partition coefficient (Wildman–Crippen LogP) is 0.851. The fourth-order valence-electron chi connectivity index (χ4n) is 0.851. The van der Waals surface area contributed by atoms with Crippen molar-refractivity contribution in [1.82, 2.24) is 15.3 Å². The lowest BCUT2D eigenvalue weighted by Crippen LogP contribution is -2.34. The van der Waals surface area contributed by atoms with Gasteiger partial charge < -0.3 is 10.4 Å². The van der Waals surface area contributed by atoms with E-state index in [1.807, 2.05) is 0 Å². The third kappa shape index (κ3) is 3.37.